The Morgan fingerprint density at radius 1 is 1.08 bits per heavy atom. The molecule has 4 rings (SSSR count). The fourth-order valence-electron chi connectivity index (χ4n) is 4.75. The number of benzene rings is 2. The molecule has 6 heteroatoms. The number of hydrogen-bond donors (Lipinski definition) is 0. The predicted octanol–water partition coefficient (Wildman–Crippen LogP) is 7.47. The van der Waals surface area contributed by atoms with Crippen molar-refractivity contribution in [2.45, 2.75) is 65.2 Å². The Morgan fingerprint density at radius 3 is 2.45 bits per heavy atom. The van der Waals surface area contributed by atoms with E-state index in [-0.39, 0.29) is 12.0 Å². The summed E-state index contributed by atoms with van der Waals surface area (Å²) in [5, 5.41) is 0. The standard InChI is InChI=1S/C26H21NO3.6CH3.2Sn/c1-4-6-13-19(3)26-21-16-11-12-18-22(21)27(23(17-7-5-2)24(26)30-26)25(28)29-20-14-9-8-10-15-20;;;;;;;;/h1,4,8-12,14-16,18-19,23-24H,2,5H2,3H3;6*1H3;;/t19-,23+,24+,26-;;;;;;;;/m1......../s1. The van der Waals surface area contributed by atoms with Crippen LogP contribution in [-0.4, -0.2) is 55.0 Å². The second-order valence-corrected chi connectivity index (χ2v) is 42.9. The normalized spacial score (nSPS) is 22.8. The number of rotatable bonds is 5. The molecule has 2 aromatic rings. The van der Waals surface area contributed by atoms with Crippen LogP contribution in [0.1, 0.15) is 18.9 Å². The van der Waals surface area contributed by atoms with Gasteiger partial charge in [-0.3, -0.25) is 0 Å². The van der Waals surface area contributed by atoms with Crippen molar-refractivity contribution >= 4 is 48.5 Å². The summed E-state index contributed by atoms with van der Waals surface area (Å²) in [5.41, 5.74) is 1.17. The van der Waals surface area contributed by atoms with Crippen molar-refractivity contribution in [2.24, 2.45) is 5.92 Å². The molecule has 2 aliphatic heterocycles. The summed E-state index contributed by atoms with van der Waals surface area (Å²) < 4.78 is 15.9. The Kier molecular flexibility index (Phi) is 8.97. The van der Waals surface area contributed by atoms with Gasteiger partial charge in [-0.1, -0.05) is 0 Å². The molecule has 2 aliphatic rings. The maximum atomic E-state index is 13.6. The fraction of sp³-hybridized carbons (Fsp3) is 0.406. The summed E-state index contributed by atoms with van der Waals surface area (Å²) in [6.07, 6.45) is 2.16. The van der Waals surface area contributed by atoms with Crippen LogP contribution in [0.3, 0.4) is 0 Å². The van der Waals surface area contributed by atoms with Crippen LogP contribution in [0.2, 0.25) is 34.1 Å². The number of carbonyl (C=O) groups is 1. The molecule has 1 saturated heterocycles. The Balaban J connectivity index is 1.71. The quantitative estimate of drug-likeness (QED) is 0.183. The number of anilines is 1. The number of ether oxygens (including phenoxy) is 2. The van der Waals surface area contributed by atoms with Crippen molar-refractivity contribution in [3.63, 3.8) is 0 Å². The Labute approximate surface area is 236 Å². The van der Waals surface area contributed by atoms with E-state index >= 15 is 0 Å². The summed E-state index contributed by atoms with van der Waals surface area (Å²) in [5.74, 6) is 14.0. The number of nitrogens with zero attached hydrogens (tertiary/aromatic N) is 1. The second-order valence-electron chi connectivity index (χ2n) is 12.4. The molecule has 2 aromatic carbocycles. The van der Waals surface area contributed by atoms with Crippen molar-refractivity contribution in [3.8, 4) is 29.4 Å². The van der Waals surface area contributed by atoms with Crippen LogP contribution in [0.4, 0.5) is 10.5 Å². The first-order chi connectivity index (χ1) is 17.9. The van der Waals surface area contributed by atoms with E-state index in [2.05, 4.69) is 70.4 Å². The van der Waals surface area contributed by atoms with Gasteiger partial charge in [0.25, 0.3) is 0 Å². The van der Waals surface area contributed by atoms with E-state index < -0.39 is 54.5 Å². The first kappa shape index (κ1) is 29.1. The van der Waals surface area contributed by atoms with E-state index in [1.165, 1.54) is 4.44 Å². The number of amides is 1. The third-order valence-electron chi connectivity index (χ3n) is 6.84. The van der Waals surface area contributed by atoms with E-state index in [0.29, 0.717) is 5.75 Å². The number of carbonyl (C=O) groups excluding carboxylic acids is 1. The molecule has 4 nitrogen and oxygen atoms in total. The molecule has 0 N–H and O–H groups in total. The Morgan fingerprint density at radius 2 is 1.76 bits per heavy atom. The van der Waals surface area contributed by atoms with Gasteiger partial charge in [0.15, 0.2) is 0 Å². The molecule has 0 radical (unpaired) electrons. The van der Waals surface area contributed by atoms with Crippen molar-refractivity contribution in [2.75, 3.05) is 4.90 Å². The third kappa shape index (κ3) is 6.82. The topological polar surface area (TPSA) is 42.1 Å². The van der Waals surface area contributed by atoms with Gasteiger partial charge in [0.2, 0.25) is 0 Å². The number of para-hydroxylation sites is 2. The van der Waals surface area contributed by atoms with Crippen LogP contribution in [0, 0.1) is 29.6 Å². The van der Waals surface area contributed by atoms with Gasteiger partial charge >= 0.3 is 239 Å². The molecule has 0 spiro atoms. The molecule has 0 aromatic heterocycles. The summed E-state index contributed by atoms with van der Waals surface area (Å²) >= 11 is -3.98. The molecule has 0 saturated carbocycles. The van der Waals surface area contributed by atoms with Gasteiger partial charge in [-0.25, -0.2) is 0 Å². The van der Waals surface area contributed by atoms with Crippen LogP contribution >= 0.6 is 0 Å². The van der Waals surface area contributed by atoms with Crippen molar-refractivity contribution < 1.29 is 14.3 Å². The molecule has 0 unspecified atom stereocenters. The number of fused-ring (bicyclic) bond motifs is 3. The van der Waals surface area contributed by atoms with Gasteiger partial charge in [0.1, 0.15) is 0 Å². The van der Waals surface area contributed by atoms with Gasteiger partial charge in [-0.05, 0) is 0 Å². The van der Waals surface area contributed by atoms with Crippen molar-refractivity contribution in [1.29, 1.82) is 0 Å². The van der Waals surface area contributed by atoms with E-state index in [1.807, 2.05) is 42.5 Å². The number of epoxide rings is 1. The molecule has 38 heavy (non-hydrogen) atoms. The zero-order valence-corrected chi connectivity index (χ0v) is 29.4. The van der Waals surface area contributed by atoms with Crippen LogP contribution in [0.5, 0.6) is 5.75 Å². The first-order valence-corrected chi connectivity index (χ1v) is 34.2. The van der Waals surface area contributed by atoms with Crippen LogP contribution in [0.15, 0.2) is 64.8 Å². The monoisotopic (exact) mass is 725 g/mol. The van der Waals surface area contributed by atoms with E-state index in [1.54, 1.807) is 17.0 Å². The second kappa shape index (κ2) is 11.7. The molecule has 1 amide bonds. The predicted molar refractivity (Wildman–Crippen MR) is 162 cm³/mol. The fourth-order valence-corrected chi connectivity index (χ4v) is 8.91. The molecule has 4 atom stereocenters. The summed E-state index contributed by atoms with van der Waals surface area (Å²) in [7, 11) is 0. The molecule has 198 valence electrons. The molecule has 0 aliphatic carbocycles. The SMILES string of the molecule is C[C@H](C#C/C=[CH]\[Sn]([CH3])([CH3])[CH3])[C@]12O[C@H]1[C@H](C#CC[CH2][Sn]([CH3])([CH3])[CH3])N(C(=O)Oc1ccccc1)c1ccccc12. The minimum absolute atomic E-state index is 0.0594. The minimum atomic E-state index is -2.03. The Bertz CT molecular complexity index is 1320. The molecule has 0 bridgehead atoms. The number of hydrogen-bond acceptors (Lipinski definition) is 3. The van der Waals surface area contributed by atoms with Gasteiger partial charge in [0.05, 0.1) is 0 Å². The molecule has 1 fully saturated rings. The van der Waals surface area contributed by atoms with Crippen LogP contribution < -0.4 is 9.64 Å². The first-order valence-electron chi connectivity index (χ1n) is 13.4. The number of allylic oxidation sites excluding steroid dienone is 1. The molecular weight excluding hydrogens is 684 g/mol. The van der Waals surface area contributed by atoms with Crippen LogP contribution in [0.25, 0.3) is 0 Å². The van der Waals surface area contributed by atoms with E-state index in [9.17, 15) is 4.79 Å². The maximum absolute atomic E-state index is 13.6. The zero-order valence-electron chi connectivity index (χ0n) is 23.7. The molecular formula is C32H39NO3Sn2. The third-order valence-corrected chi connectivity index (χ3v) is 15.2. The van der Waals surface area contributed by atoms with Crippen LogP contribution in [-0.2, 0) is 10.3 Å². The summed E-state index contributed by atoms with van der Waals surface area (Å²) in [6, 6.07) is 16.7. The zero-order chi connectivity index (χ0) is 27.6. The van der Waals surface area contributed by atoms with E-state index in [4.69, 9.17) is 9.47 Å². The van der Waals surface area contributed by atoms with Gasteiger partial charge in [-0.15, -0.1) is 0 Å². The summed E-state index contributed by atoms with van der Waals surface area (Å²) in [4.78, 5) is 29.7. The van der Waals surface area contributed by atoms with E-state index in [0.717, 1.165) is 17.7 Å². The average molecular weight is 723 g/mol. The molecule has 2 heterocycles. The van der Waals surface area contributed by atoms with Gasteiger partial charge in [-0.2, -0.15) is 0 Å². The Hall–Kier alpha value is -1.87. The van der Waals surface area contributed by atoms with Crippen molar-refractivity contribution in [3.05, 3.63) is 70.3 Å². The average Bonchev–Trinajstić information content (AvgIpc) is 3.61. The summed E-state index contributed by atoms with van der Waals surface area (Å²) in [6.45, 7) is 2.12. The van der Waals surface area contributed by atoms with Crippen molar-refractivity contribution in [1.82, 2.24) is 0 Å². The van der Waals surface area contributed by atoms with Gasteiger partial charge in [0, 0.05) is 0 Å². The van der Waals surface area contributed by atoms with Gasteiger partial charge < -0.3 is 0 Å².